The largest absolute Gasteiger partial charge is 0.208 e. The molecule has 0 amide bonds. The number of aromatic nitrogens is 3. The van der Waals surface area contributed by atoms with Crippen molar-refractivity contribution in [2.75, 3.05) is 0 Å². The van der Waals surface area contributed by atoms with E-state index in [0.29, 0.717) is 17.5 Å². The van der Waals surface area contributed by atoms with Crippen molar-refractivity contribution in [3.05, 3.63) is 270 Å². The summed E-state index contributed by atoms with van der Waals surface area (Å²) in [6.07, 6.45) is 0. The molecule has 0 fully saturated rings. The van der Waals surface area contributed by atoms with Gasteiger partial charge in [-0.1, -0.05) is 224 Å². The van der Waals surface area contributed by atoms with Gasteiger partial charge in [0.2, 0.25) is 0 Å². The first-order valence-corrected chi connectivity index (χ1v) is 28.5. The predicted octanol–water partition coefficient (Wildman–Crippen LogP) is 19.7. The van der Waals surface area contributed by atoms with E-state index in [9.17, 15) is 0 Å². The standard InChI is InChI=1S/C73H45N3S2/c1-42-18-13-25-51-56(71-75-69(43-19-5-3-6-20-43)74-70(76-71)44-21-7-4-8-22-44)38-41-59(64(42)51)73-60-39-36-45(52-28-14-30-54-47-23-9-11-34-62(47)77-67(52)54)49-26-16-32-57(65(49)60)72(73,2)58-33-17-27-50-46(37-40-61(73)66(50)58)53-29-15-31-55-48-24-10-12-35-63(48)78-68(53)55/h3-41H,1-2H3. The Morgan fingerprint density at radius 3 is 1.22 bits per heavy atom. The van der Waals surface area contributed by atoms with Gasteiger partial charge in [-0.25, -0.2) is 15.0 Å². The SMILES string of the molecule is Cc1cccc2c(-c3nc(-c4ccccc4)nc(-c4ccccc4)n3)ccc(C34c5ccc(-c6cccc7c6sc6ccccc67)c6cccc(c56)C3(C)c3cccc5c(-c6cccc7c6sc6ccccc67)ccc4c35)c12. The molecule has 0 saturated heterocycles. The van der Waals surface area contributed by atoms with Crippen LogP contribution in [0.4, 0.5) is 0 Å². The molecule has 0 unspecified atom stereocenters. The molecule has 12 aromatic carbocycles. The maximum atomic E-state index is 5.34. The highest BCUT2D eigenvalue weighted by Crippen LogP contribution is 2.71. The Morgan fingerprint density at radius 2 is 0.692 bits per heavy atom. The van der Waals surface area contributed by atoms with E-state index in [1.54, 1.807) is 0 Å². The maximum absolute atomic E-state index is 5.34. The van der Waals surface area contributed by atoms with E-state index in [2.05, 4.69) is 214 Å². The van der Waals surface area contributed by atoms with E-state index >= 15 is 0 Å². The summed E-state index contributed by atoms with van der Waals surface area (Å²) in [4.78, 5) is 15.8. The lowest BCUT2D eigenvalue weighted by Crippen LogP contribution is -2.43. The molecule has 2 aliphatic rings. The van der Waals surface area contributed by atoms with Gasteiger partial charge in [-0.2, -0.15) is 0 Å². The minimum Gasteiger partial charge on any atom is -0.208 e. The summed E-state index contributed by atoms with van der Waals surface area (Å²) >= 11 is 3.81. The molecule has 78 heavy (non-hydrogen) atoms. The van der Waals surface area contributed by atoms with Crippen LogP contribution in [0.1, 0.15) is 40.3 Å². The number of rotatable bonds is 6. The van der Waals surface area contributed by atoms with Crippen molar-refractivity contribution in [2.45, 2.75) is 24.7 Å². The summed E-state index contributed by atoms with van der Waals surface area (Å²) in [5, 5.41) is 12.9. The molecule has 0 atom stereocenters. The van der Waals surface area contributed by atoms with Crippen molar-refractivity contribution in [1.82, 2.24) is 15.0 Å². The van der Waals surface area contributed by atoms with Gasteiger partial charge >= 0.3 is 0 Å². The van der Waals surface area contributed by atoms with Crippen LogP contribution in [0.3, 0.4) is 0 Å². The minimum absolute atomic E-state index is 0.536. The zero-order valence-corrected chi connectivity index (χ0v) is 44.3. The van der Waals surface area contributed by atoms with E-state index in [0.717, 1.165) is 22.1 Å². The second-order valence-electron chi connectivity index (χ2n) is 21.4. The Bertz CT molecular complexity index is 4810. The molecule has 0 radical (unpaired) electrons. The van der Waals surface area contributed by atoms with Crippen LogP contribution in [0.2, 0.25) is 0 Å². The van der Waals surface area contributed by atoms with Crippen molar-refractivity contribution in [1.29, 1.82) is 0 Å². The van der Waals surface area contributed by atoms with Crippen LogP contribution in [-0.2, 0) is 10.8 Å². The summed E-state index contributed by atoms with van der Waals surface area (Å²) in [5.41, 5.74) is 14.7. The van der Waals surface area contributed by atoms with Crippen LogP contribution >= 0.6 is 22.7 Å². The maximum Gasteiger partial charge on any atom is 0.164 e. The van der Waals surface area contributed by atoms with Gasteiger partial charge in [-0.15, -0.1) is 22.7 Å². The van der Waals surface area contributed by atoms with E-state index < -0.39 is 10.8 Å². The third-order valence-corrected chi connectivity index (χ3v) is 20.1. The monoisotopic (exact) mass is 1030 g/mol. The van der Waals surface area contributed by atoms with Crippen molar-refractivity contribution in [3.8, 4) is 56.4 Å². The van der Waals surface area contributed by atoms with Crippen LogP contribution < -0.4 is 0 Å². The van der Waals surface area contributed by atoms with Crippen LogP contribution in [-0.4, -0.2) is 15.0 Å². The summed E-state index contributed by atoms with van der Waals surface area (Å²) in [6.45, 7) is 4.86. The van der Waals surface area contributed by atoms with E-state index in [-0.39, 0.29) is 0 Å². The number of nitrogens with zero attached hydrogens (tertiary/aromatic N) is 3. The summed E-state index contributed by atoms with van der Waals surface area (Å²) < 4.78 is 5.29. The molecule has 0 bridgehead atoms. The first kappa shape index (κ1) is 44.0. The molecule has 15 aromatic rings. The molecule has 0 aliphatic heterocycles. The number of hydrogen-bond acceptors (Lipinski definition) is 5. The summed E-state index contributed by atoms with van der Waals surface area (Å²) in [6, 6.07) is 87.9. The fourth-order valence-corrected chi connectivity index (χ4v) is 16.9. The Balaban J connectivity index is 0.973. The third kappa shape index (κ3) is 5.74. The summed E-state index contributed by atoms with van der Waals surface area (Å²) in [7, 11) is 0. The molecule has 2 aliphatic carbocycles. The first-order chi connectivity index (χ1) is 38.5. The van der Waals surface area contributed by atoms with E-state index in [1.165, 1.54) is 123 Å². The number of thiophene rings is 2. The van der Waals surface area contributed by atoms with Gasteiger partial charge in [-0.3, -0.25) is 0 Å². The van der Waals surface area contributed by atoms with Crippen molar-refractivity contribution in [2.24, 2.45) is 0 Å². The Kier molecular flexibility index (Phi) is 9.15. The highest BCUT2D eigenvalue weighted by Gasteiger charge is 2.64. The lowest BCUT2D eigenvalue weighted by Gasteiger charge is -2.43. The summed E-state index contributed by atoms with van der Waals surface area (Å²) in [5.74, 6) is 1.95. The number of fused-ring (bicyclic) bond motifs is 12. The zero-order chi connectivity index (χ0) is 51.4. The lowest BCUT2D eigenvalue weighted by molar-refractivity contribution is 0.436. The molecule has 3 nitrogen and oxygen atoms in total. The molecule has 3 aromatic heterocycles. The van der Waals surface area contributed by atoms with Gasteiger partial charge in [-0.05, 0) is 103 Å². The fourth-order valence-electron chi connectivity index (χ4n) is 14.5. The predicted molar refractivity (Wildman–Crippen MR) is 329 cm³/mol. The fraction of sp³-hybridized carbons (Fsp3) is 0.0548. The normalized spacial score (nSPS) is 16.4. The first-order valence-electron chi connectivity index (χ1n) is 26.8. The minimum atomic E-state index is -0.659. The van der Waals surface area contributed by atoms with E-state index in [4.69, 9.17) is 15.0 Å². The van der Waals surface area contributed by atoms with Crippen LogP contribution in [0, 0.1) is 6.92 Å². The average molecular weight is 1030 g/mol. The zero-order valence-electron chi connectivity index (χ0n) is 42.7. The molecular formula is C73H45N3S2. The molecule has 17 rings (SSSR count). The van der Waals surface area contributed by atoms with Gasteiger partial charge in [0.25, 0.3) is 0 Å². The second-order valence-corrected chi connectivity index (χ2v) is 23.5. The van der Waals surface area contributed by atoms with Gasteiger partial charge in [0.1, 0.15) is 0 Å². The van der Waals surface area contributed by atoms with Gasteiger partial charge in [0.15, 0.2) is 17.5 Å². The molecular weight excluding hydrogens is 983 g/mol. The third-order valence-electron chi connectivity index (χ3n) is 17.7. The van der Waals surface area contributed by atoms with Gasteiger partial charge < -0.3 is 0 Å². The quantitative estimate of drug-likeness (QED) is 0.167. The lowest BCUT2D eigenvalue weighted by atomic mass is 9.57. The Hall–Kier alpha value is -9.13. The van der Waals surface area contributed by atoms with Crippen molar-refractivity contribution in [3.63, 3.8) is 0 Å². The molecule has 364 valence electrons. The van der Waals surface area contributed by atoms with Crippen molar-refractivity contribution < 1.29 is 0 Å². The molecule has 0 N–H and O–H groups in total. The van der Waals surface area contributed by atoms with Gasteiger partial charge in [0, 0.05) is 73.6 Å². The number of aryl methyl sites for hydroxylation is 1. The van der Waals surface area contributed by atoms with Crippen LogP contribution in [0.15, 0.2) is 237 Å². The van der Waals surface area contributed by atoms with Gasteiger partial charge in [0.05, 0.1) is 5.41 Å². The highest BCUT2D eigenvalue weighted by molar-refractivity contribution is 7.26. The molecule has 0 spiro atoms. The average Bonchev–Trinajstić information content (AvgIpc) is 1.94. The Labute approximate surface area is 458 Å². The van der Waals surface area contributed by atoms with Crippen LogP contribution in [0.25, 0.3) is 129 Å². The molecule has 3 heterocycles. The second kappa shape index (κ2) is 16.2. The highest BCUT2D eigenvalue weighted by atomic mass is 32.1. The number of benzene rings is 12. The Morgan fingerprint density at radius 1 is 0.295 bits per heavy atom. The topological polar surface area (TPSA) is 38.7 Å². The number of hydrogen-bond donors (Lipinski definition) is 0. The van der Waals surface area contributed by atoms with Crippen molar-refractivity contribution >= 4 is 95.3 Å². The van der Waals surface area contributed by atoms with Crippen LogP contribution in [0.5, 0.6) is 0 Å². The molecule has 0 saturated carbocycles. The smallest absolute Gasteiger partial charge is 0.164 e. The molecule has 5 heteroatoms. The van der Waals surface area contributed by atoms with E-state index in [1.807, 2.05) is 59.1 Å².